The van der Waals surface area contributed by atoms with Crippen molar-refractivity contribution in [1.29, 1.82) is 0 Å². The second-order valence-corrected chi connectivity index (χ2v) is 12.9. The van der Waals surface area contributed by atoms with Gasteiger partial charge in [0.25, 0.3) is 10.2 Å². The van der Waals surface area contributed by atoms with E-state index in [0.29, 0.717) is 62.0 Å². The van der Waals surface area contributed by atoms with Crippen LogP contribution in [-0.4, -0.2) is 82.9 Å². The minimum absolute atomic E-state index is 0.0572. The van der Waals surface area contributed by atoms with Crippen molar-refractivity contribution in [1.82, 2.24) is 23.0 Å². The zero-order valence-electron chi connectivity index (χ0n) is 21.7. The van der Waals surface area contributed by atoms with Crippen LogP contribution >= 0.6 is 11.3 Å². The second kappa shape index (κ2) is 10.5. The molecular formula is C26H27FN6O5S2. The van der Waals surface area contributed by atoms with E-state index in [-0.39, 0.29) is 12.2 Å². The Labute approximate surface area is 233 Å². The predicted molar refractivity (Wildman–Crippen MR) is 148 cm³/mol. The lowest BCUT2D eigenvalue weighted by Crippen LogP contribution is -2.36. The number of ether oxygens (including phenoxy) is 1. The van der Waals surface area contributed by atoms with Crippen molar-refractivity contribution >= 4 is 32.9 Å². The minimum atomic E-state index is -3.58. The molecule has 2 saturated heterocycles. The van der Waals surface area contributed by atoms with Gasteiger partial charge in [0.05, 0.1) is 18.9 Å². The van der Waals surface area contributed by atoms with Crippen molar-refractivity contribution in [3.63, 3.8) is 0 Å². The fourth-order valence-corrected chi connectivity index (χ4v) is 7.15. The molecule has 5 heterocycles. The molecule has 2 fully saturated rings. The average molecular weight is 587 g/mol. The molecule has 0 spiro atoms. The van der Waals surface area contributed by atoms with Crippen molar-refractivity contribution in [3.8, 4) is 16.5 Å². The fraction of sp³-hybridized carbons (Fsp3) is 0.346. The summed E-state index contributed by atoms with van der Waals surface area (Å²) in [6, 6.07) is 7.96. The summed E-state index contributed by atoms with van der Waals surface area (Å²) < 4.78 is 48.6. The molecule has 0 unspecified atom stereocenters. The first-order valence-electron chi connectivity index (χ1n) is 12.7. The smallest absolute Gasteiger partial charge is 0.300 e. The first-order valence-corrected chi connectivity index (χ1v) is 14.9. The van der Waals surface area contributed by atoms with Crippen LogP contribution in [0.1, 0.15) is 16.0 Å². The summed E-state index contributed by atoms with van der Waals surface area (Å²) in [5, 5.41) is 11.2. The lowest BCUT2D eigenvalue weighted by Gasteiger charge is -2.28. The summed E-state index contributed by atoms with van der Waals surface area (Å²) in [4.78, 5) is 24.9. The van der Waals surface area contributed by atoms with Gasteiger partial charge >= 0.3 is 5.56 Å². The van der Waals surface area contributed by atoms with Gasteiger partial charge in [-0.15, -0.1) is 11.3 Å². The molecule has 1 N–H and O–H groups in total. The monoisotopic (exact) mass is 586 g/mol. The van der Waals surface area contributed by atoms with Gasteiger partial charge in [-0.3, -0.25) is 9.20 Å². The summed E-state index contributed by atoms with van der Waals surface area (Å²) in [6.07, 6.45) is 3.66. The summed E-state index contributed by atoms with van der Waals surface area (Å²) in [7, 11) is -2.06. The standard InChI is InChI=1S/C26H27FN6O5S2/c1-30-6-7-32(40(30,36)37)15-18-12-19(27)3-2-17(18)13-21-14-28-25(39-21)23-24(34)26(35)33-16-20(4-5-22(33)29-23)31-8-10-38-11-9-31/h2-5,12,14,16,34H,6-11,13,15H2,1H3. The van der Waals surface area contributed by atoms with Gasteiger partial charge in [-0.1, -0.05) is 6.07 Å². The largest absolute Gasteiger partial charge is 0.501 e. The third kappa shape index (κ3) is 4.97. The van der Waals surface area contributed by atoms with Crippen LogP contribution in [0.2, 0.25) is 0 Å². The molecule has 1 aromatic carbocycles. The van der Waals surface area contributed by atoms with Gasteiger partial charge in [0.2, 0.25) is 5.75 Å². The van der Waals surface area contributed by atoms with E-state index >= 15 is 0 Å². The zero-order chi connectivity index (χ0) is 28.0. The normalized spacial score (nSPS) is 18.1. The first kappa shape index (κ1) is 26.8. The van der Waals surface area contributed by atoms with E-state index in [1.54, 1.807) is 24.5 Å². The van der Waals surface area contributed by atoms with Crippen LogP contribution < -0.4 is 10.5 Å². The first-order chi connectivity index (χ1) is 19.2. The number of hydrogen-bond acceptors (Lipinski definition) is 9. The Morgan fingerprint density at radius 1 is 1.10 bits per heavy atom. The maximum atomic E-state index is 14.1. The highest BCUT2D eigenvalue weighted by molar-refractivity contribution is 7.86. The van der Waals surface area contributed by atoms with Crippen molar-refractivity contribution in [2.24, 2.45) is 0 Å². The lowest BCUT2D eigenvalue weighted by atomic mass is 10.0. The number of anilines is 1. The van der Waals surface area contributed by atoms with Crippen LogP contribution in [0.15, 0.2) is 47.5 Å². The van der Waals surface area contributed by atoms with Gasteiger partial charge < -0.3 is 14.7 Å². The van der Waals surface area contributed by atoms with Crippen LogP contribution in [-0.2, 0) is 27.9 Å². The van der Waals surface area contributed by atoms with Gasteiger partial charge in [0.15, 0.2) is 0 Å². The molecule has 4 aromatic rings. The van der Waals surface area contributed by atoms with E-state index in [4.69, 9.17) is 4.74 Å². The van der Waals surface area contributed by atoms with Crippen molar-refractivity contribution in [3.05, 3.63) is 74.9 Å². The third-order valence-corrected chi connectivity index (χ3v) is 10.1. The minimum Gasteiger partial charge on any atom is -0.501 e. The van der Waals surface area contributed by atoms with Crippen molar-refractivity contribution in [2.45, 2.75) is 13.0 Å². The Morgan fingerprint density at radius 3 is 2.65 bits per heavy atom. The number of morpholine rings is 1. The zero-order valence-corrected chi connectivity index (χ0v) is 23.3. The van der Waals surface area contributed by atoms with Crippen LogP contribution in [0.25, 0.3) is 16.3 Å². The van der Waals surface area contributed by atoms with Crippen LogP contribution in [0.5, 0.6) is 5.75 Å². The molecule has 0 aliphatic carbocycles. The Hall–Kier alpha value is -3.43. The molecule has 0 radical (unpaired) electrons. The summed E-state index contributed by atoms with van der Waals surface area (Å²) in [5.41, 5.74) is 2.04. The van der Waals surface area contributed by atoms with Gasteiger partial charge in [-0.05, 0) is 35.4 Å². The van der Waals surface area contributed by atoms with Gasteiger partial charge in [0, 0.05) is 63.5 Å². The third-order valence-electron chi connectivity index (χ3n) is 7.18. The van der Waals surface area contributed by atoms with E-state index < -0.39 is 27.3 Å². The maximum absolute atomic E-state index is 14.1. The van der Waals surface area contributed by atoms with Gasteiger partial charge in [-0.25, -0.2) is 14.4 Å². The number of hydrogen-bond donors (Lipinski definition) is 1. The highest BCUT2D eigenvalue weighted by atomic mass is 32.2. The van der Waals surface area contributed by atoms with E-state index in [1.807, 2.05) is 6.07 Å². The number of aromatic hydroxyl groups is 1. The molecule has 11 nitrogen and oxygen atoms in total. The Kier molecular flexibility index (Phi) is 7.04. The molecule has 40 heavy (non-hydrogen) atoms. The number of fused-ring (bicyclic) bond motifs is 1. The molecule has 2 aliphatic heterocycles. The fourth-order valence-electron chi connectivity index (χ4n) is 4.91. The molecule has 6 rings (SSSR count). The summed E-state index contributed by atoms with van der Waals surface area (Å²) in [5.74, 6) is -0.945. The number of thiazole rings is 1. The van der Waals surface area contributed by atoms with Gasteiger partial charge in [0.1, 0.15) is 22.2 Å². The van der Waals surface area contributed by atoms with Crippen LogP contribution in [0.3, 0.4) is 0 Å². The SMILES string of the molecule is CN1CCN(Cc2cc(F)ccc2Cc2cnc(-c3nc4ccc(N5CCOCC5)cn4c(=O)c3O)s2)S1(=O)=O. The molecule has 0 bridgehead atoms. The Bertz CT molecular complexity index is 1750. The maximum Gasteiger partial charge on any atom is 0.300 e. The number of rotatable bonds is 6. The number of pyridine rings is 1. The summed E-state index contributed by atoms with van der Waals surface area (Å²) in [6.45, 7) is 3.39. The quantitative estimate of drug-likeness (QED) is 0.365. The van der Waals surface area contributed by atoms with Crippen molar-refractivity contribution in [2.75, 3.05) is 51.3 Å². The molecule has 0 saturated carbocycles. The number of aromatic nitrogens is 3. The molecular weight excluding hydrogens is 559 g/mol. The highest BCUT2D eigenvalue weighted by Gasteiger charge is 2.34. The van der Waals surface area contributed by atoms with Gasteiger partial charge in [-0.2, -0.15) is 17.0 Å². The second-order valence-electron chi connectivity index (χ2n) is 9.71. The predicted octanol–water partition coefficient (Wildman–Crippen LogP) is 2.08. The number of halogens is 1. The van der Waals surface area contributed by atoms with Crippen LogP contribution in [0, 0.1) is 5.82 Å². The van der Waals surface area contributed by atoms with E-state index in [9.17, 15) is 22.7 Å². The number of nitrogens with zero attached hydrogens (tertiary/aromatic N) is 6. The molecule has 2 aliphatic rings. The van der Waals surface area contributed by atoms with E-state index in [2.05, 4.69) is 14.9 Å². The summed E-state index contributed by atoms with van der Waals surface area (Å²) >= 11 is 1.26. The van der Waals surface area contributed by atoms with E-state index in [0.717, 1.165) is 16.1 Å². The van der Waals surface area contributed by atoms with Crippen LogP contribution in [0.4, 0.5) is 10.1 Å². The highest BCUT2D eigenvalue weighted by Crippen LogP contribution is 2.31. The molecule has 0 atom stereocenters. The molecule has 14 heteroatoms. The van der Waals surface area contributed by atoms with Crippen molar-refractivity contribution < 1.29 is 22.7 Å². The lowest BCUT2D eigenvalue weighted by molar-refractivity contribution is 0.122. The molecule has 3 aromatic heterocycles. The number of likely N-dealkylation sites (N-methyl/N-ethyl adjacent to an activating group) is 1. The van der Waals surface area contributed by atoms with E-state index in [1.165, 1.54) is 43.5 Å². The number of benzene rings is 1. The molecule has 210 valence electrons. The molecule has 0 amide bonds. The topological polar surface area (TPSA) is 121 Å². The Morgan fingerprint density at radius 2 is 1.90 bits per heavy atom. The average Bonchev–Trinajstić information content (AvgIpc) is 3.52. The Balaban J connectivity index is 1.28.